The molecular formula is C14H10ClF2NO. The third-order valence-corrected chi connectivity index (χ3v) is 2.69. The van der Waals surface area contributed by atoms with Gasteiger partial charge in [-0.2, -0.15) is 0 Å². The minimum atomic E-state index is -0.572. The largest absolute Gasteiger partial charge is 0.323 e. The van der Waals surface area contributed by atoms with Crippen LogP contribution in [-0.4, -0.2) is 5.91 Å². The molecule has 5 heteroatoms. The van der Waals surface area contributed by atoms with Gasteiger partial charge in [0.15, 0.2) is 0 Å². The quantitative estimate of drug-likeness (QED) is 0.911. The van der Waals surface area contributed by atoms with Gasteiger partial charge in [0, 0.05) is 5.02 Å². The maximum absolute atomic E-state index is 13.4. The normalized spacial score (nSPS) is 10.3. The van der Waals surface area contributed by atoms with Crippen molar-refractivity contribution in [3.63, 3.8) is 0 Å². The fourth-order valence-electron chi connectivity index (χ4n) is 1.62. The lowest BCUT2D eigenvalue weighted by Crippen LogP contribution is -2.15. The van der Waals surface area contributed by atoms with Crippen molar-refractivity contribution in [1.82, 2.24) is 0 Å². The van der Waals surface area contributed by atoms with Crippen LogP contribution in [0.4, 0.5) is 14.5 Å². The summed E-state index contributed by atoms with van der Waals surface area (Å²) in [5, 5.41) is 2.72. The number of halogens is 3. The zero-order valence-electron chi connectivity index (χ0n) is 9.79. The van der Waals surface area contributed by atoms with Crippen molar-refractivity contribution in [3.05, 3.63) is 64.7 Å². The molecule has 0 heterocycles. The number of anilines is 1. The first-order valence-electron chi connectivity index (χ1n) is 5.54. The van der Waals surface area contributed by atoms with Crippen molar-refractivity contribution in [2.45, 2.75) is 6.42 Å². The monoisotopic (exact) mass is 281 g/mol. The summed E-state index contributed by atoms with van der Waals surface area (Å²) in [6.07, 6.45) is -0.0380. The van der Waals surface area contributed by atoms with E-state index in [0.29, 0.717) is 10.6 Å². The van der Waals surface area contributed by atoms with Gasteiger partial charge in [-0.3, -0.25) is 4.79 Å². The van der Waals surface area contributed by atoms with E-state index in [1.807, 2.05) is 0 Å². The summed E-state index contributed by atoms with van der Waals surface area (Å²) in [4.78, 5) is 11.7. The van der Waals surface area contributed by atoms with E-state index >= 15 is 0 Å². The molecule has 2 aromatic carbocycles. The van der Waals surface area contributed by atoms with Gasteiger partial charge in [0.25, 0.3) is 0 Å². The van der Waals surface area contributed by atoms with Crippen LogP contribution in [0.15, 0.2) is 42.5 Å². The third-order valence-electron chi connectivity index (χ3n) is 2.46. The number of amides is 1. The molecule has 2 aromatic rings. The summed E-state index contributed by atoms with van der Waals surface area (Å²) in [6, 6.07) is 9.56. The summed E-state index contributed by atoms with van der Waals surface area (Å²) in [5.41, 5.74) is 0.522. The van der Waals surface area contributed by atoms with E-state index in [4.69, 9.17) is 11.6 Å². The highest BCUT2D eigenvalue weighted by atomic mass is 35.5. The Kier molecular flexibility index (Phi) is 4.12. The summed E-state index contributed by atoms with van der Waals surface area (Å²) in [6.45, 7) is 0. The molecule has 0 aliphatic carbocycles. The Morgan fingerprint density at radius 2 is 1.95 bits per heavy atom. The van der Waals surface area contributed by atoms with Gasteiger partial charge in [-0.15, -0.1) is 0 Å². The predicted molar refractivity (Wildman–Crippen MR) is 70.1 cm³/mol. The van der Waals surface area contributed by atoms with E-state index in [1.165, 1.54) is 36.4 Å². The van der Waals surface area contributed by atoms with Crippen LogP contribution in [0, 0.1) is 11.6 Å². The van der Waals surface area contributed by atoms with Crippen LogP contribution >= 0.6 is 11.6 Å². The highest BCUT2D eigenvalue weighted by Crippen LogP contribution is 2.19. The lowest BCUT2D eigenvalue weighted by atomic mass is 10.1. The summed E-state index contributed by atoms with van der Waals surface area (Å²) < 4.78 is 26.4. The molecule has 19 heavy (non-hydrogen) atoms. The Balaban J connectivity index is 2.07. The van der Waals surface area contributed by atoms with Crippen molar-refractivity contribution in [1.29, 1.82) is 0 Å². The smallest absolute Gasteiger partial charge is 0.228 e. The van der Waals surface area contributed by atoms with E-state index in [-0.39, 0.29) is 12.1 Å². The number of carbonyl (C=O) groups is 1. The zero-order valence-corrected chi connectivity index (χ0v) is 10.5. The molecule has 2 rings (SSSR count). The van der Waals surface area contributed by atoms with E-state index in [9.17, 15) is 13.6 Å². The van der Waals surface area contributed by atoms with Crippen molar-refractivity contribution < 1.29 is 13.6 Å². The molecule has 0 atom stereocenters. The fraction of sp³-hybridized carbons (Fsp3) is 0.0714. The Morgan fingerprint density at radius 3 is 2.68 bits per heavy atom. The summed E-state index contributed by atoms with van der Waals surface area (Å²) in [5.74, 6) is -1.43. The fourth-order valence-corrected chi connectivity index (χ4v) is 1.79. The highest BCUT2D eigenvalue weighted by Gasteiger charge is 2.08. The van der Waals surface area contributed by atoms with Gasteiger partial charge in [0.1, 0.15) is 11.6 Å². The Hall–Kier alpha value is -1.94. The molecule has 0 bridgehead atoms. The van der Waals surface area contributed by atoms with Crippen LogP contribution in [0.2, 0.25) is 5.02 Å². The highest BCUT2D eigenvalue weighted by molar-refractivity contribution is 6.30. The van der Waals surface area contributed by atoms with Gasteiger partial charge in [-0.05, 0) is 35.9 Å². The molecule has 0 fully saturated rings. The second-order valence-electron chi connectivity index (χ2n) is 3.98. The number of rotatable bonds is 3. The number of benzene rings is 2. The molecule has 0 aromatic heterocycles. The molecular weight excluding hydrogens is 272 g/mol. The summed E-state index contributed by atoms with van der Waals surface area (Å²) >= 11 is 5.71. The molecule has 0 saturated heterocycles. The average Bonchev–Trinajstić information content (AvgIpc) is 2.34. The van der Waals surface area contributed by atoms with E-state index in [1.54, 1.807) is 6.07 Å². The third kappa shape index (κ3) is 3.76. The van der Waals surface area contributed by atoms with Gasteiger partial charge in [-0.1, -0.05) is 23.7 Å². The molecule has 0 spiro atoms. The van der Waals surface area contributed by atoms with Gasteiger partial charge < -0.3 is 5.32 Å². The van der Waals surface area contributed by atoms with Crippen LogP contribution in [0.1, 0.15) is 5.56 Å². The van der Waals surface area contributed by atoms with Crippen molar-refractivity contribution in [2.75, 3.05) is 5.32 Å². The first kappa shape index (κ1) is 13.5. The Bertz CT molecular complexity index is 616. The van der Waals surface area contributed by atoms with Gasteiger partial charge >= 0.3 is 0 Å². The summed E-state index contributed by atoms with van der Waals surface area (Å²) in [7, 11) is 0. The Morgan fingerprint density at radius 1 is 1.16 bits per heavy atom. The maximum Gasteiger partial charge on any atom is 0.228 e. The van der Waals surface area contributed by atoms with Crippen LogP contribution in [0.5, 0.6) is 0 Å². The van der Waals surface area contributed by atoms with Crippen molar-refractivity contribution in [3.8, 4) is 0 Å². The number of hydrogen-bond donors (Lipinski definition) is 1. The molecule has 0 radical (unpaired) electrons. The van der Waals surface area contributed by atoms with Crippen LogP contribution in [0.3, 0.4) is 0 Å². The molecule has 2 nitrogen and oxygen atoms in total. The predicted octanol–water partition coefficient (Wildman–Crippen LogP) is 3.80. The zero-order chi connectivity index (χ0) is 13.8. The second kappa shape index (κ2) is 5.80. The van der Waals surface area contributed by atoms with Crippen LogP contribution in [0.25, 0.3) is 0 Å². The van der Waals surface area contributed by atoms with Crippen LogP contribution < -0.4 is 5.32 Å². The first-order valence-corrected chi connectivity index (χ1v) is 5.92. The van der Waals surface area contributed by atoms with Crippen molar-refractivity contribution in [2.24, 2.45) is 0 Å². The number of carbonyl (C=O) groups excluding carboxylic acids is 1. The lowest BCUT2D eigenvalue weighted by molar-refractivity contribution is -0.115. The van der Waals surface area contributed by atoms with Crippen molar-refractivity contribution >= 4 is 23.2 Å². The van der Waals surface area contributed by atoms with E-state index in [2.05, 4.69) is 5.32 Å². The standard InChI is InChI=1S/C14H10ClF2NO/c15-10-4-5-12(17)13(8-10)18-14(19)7-9-2-1-3-11(16)6-9/h1-6,8H,7H2,(H,18,19). The first-order chi connectivity index (χ1) is 9.04. The molecule has 1 amide bonds. The molecule has 0 unspecified atom stereocenters. The lowest BCUT2D eigenvalue weighted by Gasteiger charge is -2.07. The number of nitrogens with one attached hydrogen (secondary N) is 1. The minimum absolute atomic E-state index is 0.00824. The molecule has 98 valence electrons. The molecule has 0 saturated carbocycles. The van der Waals surface area contributed by atoms with Gasteiger partial charge in [0.05, 0.1) is 12.1 Å². The van der Waals surface area contributed by atoms with E-state index in [0.717, 1.165) is 0 Å². The SMILES string of the molecule is O=C(Cc1cccc(F)c1)Nc1cc(Cl)ccc1F. The Labute approximate surface area is 114 Å². The molecule has 0 aliphatic heterocycles. The minimum Gasteiger partial charge on any atom is -0.323 e. The molecule has 1 N–H and O–H groups in total. The molecule has 0 aliphatic rings. The van der Waals surface area contributed by atoms with Gasteiger partial charge in [0.2, 0.25) is 5.91 Å². The number of hydrogen-bond acceptors (Lipinski definition) is 1. The van der Waals surface area contributed by atoms with Crippen LogP contribution in [-0.2, 0) is 11.2 Å². The van der Waals surface area contributed by atoms with Gasteiger partial charge in [-0.25, -0.2) is 8.78 Å². The average molecular weight is 282 g/mol. The van der Waals surface area contributed by atoms with E-state index < -0.39 is 17.5 Å². The maximum atomic E-state index is 13.4. The second-order valence-corrected chi connectivity index (χ2v) is 4.42. The topological polar surface area (TPSA) is 29.1 Å².